The third-order valence-corrected chi connectivity index (χ3v) is 2.96. The molecule has 2 aromatic rings. The number of rotatable bonds is 2. The topological polar surface area (TPSA) is 73.2 Å². The van der Waals surface area contributed by atoms with Gasteiger partial charge in [0.05, 0.1) is 11.4 Å². The third kappa shape index (κ3) is 1.55. The summed E-state index contributed by atoms with van der Waals surface area (Å²) < 4.78 is 10.6. The predicted octanol–water partition coefficient (Wildman–Crippen LogP) is 1.57. The van der Waals surface area contributed by atoms with Gasteiger partial charge in [-0.2, -0.15) is 5.10 Å². The van der Waals surface area contributed by atoms with Crippen LogP contribution >= 0.6 is 0 Å². The number of aromatic nitrogens is 2. The van der Waals surface area contributed by atoms with Crippen molar-refractivity contribution in [3.63, 3.8) is 0 Å². The number of aromatic amines is 1. The molecule has 1 aromatic carbocycles. The van der Waals surface area contributed by atoms with Gasteiger partial charge in [-0.05, 0) is 30.7 Å². The molecular weight excluding hydrogens is 218 g/mol. The summed E-state index contributed by atoms with van der Waals surface area (Å²) in [7, 11) is 0. The van der Waals surface area contributed by atoms with E-state index in [1.807, 2.05) is 25.1 Å². The molecule has 88 valence electrons. The van der Waals surface area contributed by atoms with E-state index in [9.17, 15) is 0 Å². The van der Waals surface area contributed by atoms with E-state index < -0.39 is 0 Å². The average Bonchev–Trinajstić information content (AvgIpc) is 2.94. The smallest absolute Gasteiger partial charge is 0.231 e. The molecule has 0 saturated carbocycles. The molecule has 0 unspecified atom stereocenters. The molecule has 5 heteroatoms. The van der Waals surface area contributed by atoms with Crippen LogP contribution in [0, 0.1) is 6.92 Å². The second-order valence-corrected chi connectivity index (χ2v) is 3.95. The van der Waals surface area contributed by atoms with E-state index in [0.717, 1.165) is 34.0 Å². The molecule has 0 amide bonds. The highest BCUT2D eigenvalue weighted by atomic mass is 16.7. The maximum Gasteiger partial charge on any atom is 0.231 e. The first-order chi connectivity index (χ1) is 8.29. The Balaban J connectivity index is 2.06. The Morgan fingerprint density at radius 2 is 2.18 bits per heavy atom. The van der Waals surface area contributed by atoms with Crippen LogP contribution in [0.25, 0.3) is 11.3 Å². The number of nitrogens with one attached hydrogen (secondary N) is 1. The van der Waals surface area contributed by atoms with Gasteiger partial charge in [-0.1, -0.05) is 0 Å². The van der Waals surface area contributed by atoms with Gasteiger partial charge in [0.25, 0.3) is 0 Å². The maximum absolute atomic E-state index is 5.62. The molecule has 1 aliphatic heterocycles. The summed E-state index contributed by atoms with van der Waals surface area (Å²) in [5.74, 6) is 1.54. The summed E-state index contributed by atoms with van der Waals surface area (Å²) in [6, 6.07) is 5.80. The van der Waals surface area contributed by atoms with E-state index in [-0.39, 0.29) is 6.79 Å². The fourth-order valence-electron chi connectivity index (χ4n) is 1.96. The van der Waals surface area contributed by atoms with E-state index in [0.29, 0.717) is 6.54 Å². The minimum Gasteiger partial charge on any atom is -0.454 e. The Hall–Kier alpha value is -2.01. The predicted molar refractivity (Wildman–Crippen MR) is 62.8 cm³/mol. The normalized spacial score (nSPS) is 13.1. The van der Waals surface area contributed by atoms with Crippen LogP contribution in [-0.2, 0) is 6.54 Å². The van der Waals surface area contributed by atoms with Crippen LogP contribution in [0.3, 0.4) is 0 Å². The molecule has 0 atom stereocenters. The molecule has 3 rings (SSSR count). The number of hydrogen-bond donors (Lipinski definition) is 2. The van der Waals surface area contributed by atoms with Crippen LogP contribution in [-0.4, -0.2) is 17.0 Å². The van der Waals surface area contributed by atoms with Crippen LogP contribution in [0.4, 0.5) is 0 Å². The van der Waals surface area contributed by atoms with E-state index in [4.69, 9.17) is 15.2 Å². The summed E-state index contributed by atoms with van der Waals surface area (Å²) in [4.78, 5) is 0. The van der Waals surface area contributed by atoms with Gasteiger partial charge in [-0.15, -0.1) is 0 Å². The van der Waals surface area contributed by atoms with E-state index in [1.165, 1.54) is 0 Å². The molecule has 1 aliphatic rings. The van der Waals surface area contributed by atoms with Gasteiger partial charge < -0.3 is 15.2 Å². The highest BCUT2D eigenvalue weighted by Crippen LogP contribution is 2.36. The summed E-state index contributed by atoms with van der Waals surface area (Å²) in [5.41, 5.74) is 9.56. The lowest BCUT2D eigenvalue weighted by atomic mass is 10.1. The molecule has 5 nitrogen and oxygen atoms in total. The van der Waals surface area contributed by atoms with Crippen molar-refractivity contribution in [2.45, 2.75) is 13.5 Å². The number of benzene rings is 1. The Labute approximate surface area is 98.5 Å². The van der Waals surface area contributed by atoms with Crippen LogP contribution in [0.2, 0.25) is 0 Å². The van der Waals surface area contributed by atoms with Crippen LogP contribution < -0.4 is 15.2 Å². The summed E-state index contributed by atoms with van der Waals surface area (Å²) in [6.07, 6.45) is 0. The molecule has 0 spiro atoms. The molecule has 2 heterocycles. The van der Waals surface area contributed by atoms with Gasteiger partial charge in [-0.3, -0.25) is 5.10 Å². The van der Waals surface area contributed by atoms with Crippen LogP contribution in [0.15, 0.2) is 18.2 Å². The van der Waals surface area contributed by atoms with Gasteiger partial charge in [0.1, 0.15) is 0 Å². The Kier molecular flexibility index (Phi) is 2.26. The van der Waals surface area contributed by atoms with Gasteiger partial charge in [0.2, 0.25) is 6.79 Å². The summed E-state index contributed by atoms with van der Waals surface area (Å²) >= 11 is 0. The Morgan fingerprint density at radius 3 is 2.94 bits per heavy atom. The lowest BCUT2D eigenvalue weighted by Gasteiger charge is -2.01. The van der Waals surface area contributed by atoms with Gasteiger partial charge >= 0.3 is 0 Å². The molecule has 0 saturated heterocycles. The molecule has 3 N–H and O–H groups in total. The Bertz CT molecular complexity index is 563. The Morgan fingerprint density at radius 1 is 1.35 bits per heavy atom. The first kappa shape index (κ1) is 10.2. The van der Waals surface area contributed by atoms with Crippen molar-refractivity contribution in [2.75, 3.05) is 6.79 Å². The zero-order chi connectivity index (χ0) is 11.8. The van der Waals surface area contributed by atoms with Gasteiger partial charge in [-0.25, -0.2) is 0 Å². The number of nitrogens with two attached hydrogens (primary N) is 1. The minimum absolute atomic E-state index is 0.284. The quantitative estimate of drug-likeness (QED) is 0.822. The lowest BCUT2D eigenvalue weighted by molar-refractivity contribution is 0.174. The van der Waals surface area contributed by atoms with Crippen LogP contribution in [0.5, 0.6) is 11.5 Å². The van der Waals surface area contributed by atoms with Crippen molar-refractivity contribution in [2.24, 2.45) is 5.73 Å². The van der Waals surface area contributed by atoms with Crippen molar-refractivity contribution < 1.29 is 9.47 Å². The molecule has 0 bridgehead atoms. The average molecular weight is 231 g/mol. The van der Waals surface area contributed by atoms with E-state index in [1.54, 1.807) is 0 Å². The van der Waals surface area contributed by atoms with Gasteiger partial charge in [0.15, 0.2) is 11.5 Å². The lowest BCUT2D eigenvalue weighted by Crippen LogP contribution is -1.98. The highest BCUT2D eigenvalue weighted by molar-refractivity contribution is 5.67. The fraction of sp³-hybridized carbons (Fsp3) is 0.250. The fourth-order valence-corrected chi connectivity index (χ4v) is 1.96. The minimum atomic E-state index is 0.284. The molecule has 0 aliphatic carbocycles. The van der Waals surface area contributed by atoms with E-state index >= 15 is 0 Å². The van der Waals surface area contributed by atoms with Crippen molar-refractivity contribution in [3.05, 3.63) is 29.5 Å². The summed E-state index contributed by atoms with van der Waals surface area (Å²) in [6.45, 7) is 2.75. The standard InChI is InChI=1S/C12H13N3O2/c1-7-9(5-13)14-15-12(7)8-2-3-10-11(4-8)17-6-16-10/h2-4H,5-6,13H2,1H3,(H,14,15). The SMILES string of the molecule is Cc1c(-c2ccc3c(c2)OCO3)n[nH]c1CN. The largest absolute Gasteiger partial charge is 0.454 e. The zero-order valence-electron chi connectivity index (χ0n) is 9.49. The zero-order valence-corrected chi connectivity index (χ0v) is 9.49. The number of H-pyrrole nitrogens is 1. The second-order valence-electron chi connectivity index (χ2n) is 3.95. The number of nitrogens with zero attached hydrogens (tertiary/aromatic N) is 1. The van der Waals surface area contributed by atoms with Crippen molar-refractivity contribution in [1.82, 2.24) is 10.2 Å². The number of hydrogen-bond acceptors (Lipinski definition) is 4. The molecule has 0 radical (unpaired) electrons. The highest BCUT2D eigenvalue weighted by Gasteiger charge is 2.16. The maximum atomic E-state index is 5.62. The first-order valence-electron chi connectivity index (χ1n) is 5.43. The molecule has 17 heavy (non-hydrogen) atoms. The molecular formula is C12H13N3O2. The van der Waals surface area contributed by atoms with Crippen LogP contribution in [0.1, 0.15) is 11.3 Å². The van der Waals surface area contributed by atoms with Crippen molar-refractivity contribution in [3.8, 4) is 22.8 Å². The summed E-state index contributed by atoms with van der Waals surface area (Å²) in [5, 5.41) is 7.22. The van der Waals surface area contributed by atoms with E-state index in [2.05, 4.69) is 10.2 Å². The number of ether oxygens (including phenoxy) is 2. The molecule has 0 fully saturated rings. The molecule has 1 aromatic heterocycles. The first-order valence-corrected chi connectivity index (χ1v) is 5.43. The van der Waals surface area contributed by atoms with Crippen molar-refractivity contribution in [1.29, 1.82) is 0 Å². The third-order valence-electron chi connectivity index (χ3n) is 2.96. The number of fused-ring (bicyclic) bond motifs is 1. The monoisotopic (exact) mass is 231 g/mol. The van der Waals surface area contributed by atoms with Crippen molar-refractivity contribution >= 4 is 0 Å². The van der Waals surface area contributed by atoms with Gasteiger partial charge in [0, 0.05) is 12.1 Å². The second kappa shape index (κ2) is 3.78.